The molecule has 1 unspecified atom stereocenters. The van der Waals surface area contributed by atoms with E-state index in [1.54, 1.807) is 18.5 Å². The van der Waals surface area contributed by atoms with Crippen LogP contribution in [0, 0.1) is 24.7 Å². The molecule has 29 heavy (non-hydrogen) atoms. The van der Waals surface area contributed by atoms with Crippen LogP contribution in [0.25, 0.3) is 5.57 Å². The number of nitrogens with zero attached hydrogens (tertiary/aromatic N) is 2. The quantitative estimate of drug-likeness (QED) is 0.669. The molecule has 0 aliphatic heterocycles. The van der Waals surface area contributed by atoms with Crippen molar-refractivity contribution in [3.8, 4) is 0 Å². The van der Waals surface area contributed by atoms with Crippen LogP contribution >= 0.6 is 0 Å². The number of hydrogen-bond donors (Lipinski definition) is 3. The summed E-state index contributed by atoms with van der Waals surface area (Å²) in [5.41, 5.74) is 3.77. The first-order valence-corrected chi connectivity index (χ1v) is 9.72. The van der Waals surface area contributed by atoms with Gasteiger partial charge >= 0.3 is 5.69 Å². The number of rotatable bonds is 5. The zero-order chi connectivity index (χ0) is 20.5. The van der Waals surface area contributed by atoms with E-state index >= 15 is 0 Å². The van der Waals surface area contributed by atoms with Crippen LogP contribution in [0.15, 0.2) is 59.1 Å². The molecule has 2 aliphatic carbocycles. The number of nitrogens with one attached hydrogen (secondary N) is 3. The van der Waals surface area contributed by atoms with Gasteiger partial charge in [-0.3, -0.25) is 0 Å². The number of anilines is 1. The molecule has 0 bridgehead atoms. The van der Waals surface area contributed by atoms with Crippen LogP contribution in [0.3, 0.4) is 0 Å². The average molecular weight is 393 g/mol. The standard InChI is InChI=1S/C22H24FN5O/c1-12(4-7-19-14(3)26-22(29)28-19)16-10-24-21(25-11-16)27-20-9-15-5-6-17(15)13(2)8-18(20)23/h4-6,8-11,13,15,17H,7H2,1-3H3,(H,24,25,27)(H2,26,28,29)/b12-4+/t13-,15+,17?/m0/s1. The zero-order valence-electron chi connectivity index (χ0n) is 16.7. The van der Waals surface area contributed by atoms with Gasteiger partial charge < -0.3 is 15.3 Å². The Morgan fingerprint density at radius 3 is 2.62 bits per heavy atom. The number of imidazole rings is 1. The Hall–Kier alpha value is -3.22. The van der Waals surface area contributed by atoms with E-state index in [-0.39, 0.29) is 23.4 Å². The second-order valence-corrected chi connectivity index (χ2v) is 7.69. The van der Waals surface area contributed by atoms with Crippen LogP contribution in [-0.2, 0) is 6.42 Å². The van der Waals surface area contributed by atoms with E-state index in [9.17, 15) is 9.18 Å². The Morgan fingerprint density at radius 1 is 1.24 bits per heavy atom. The van der Waals surface area contributed by atoms with Crippen LogP contribution in [-0.4, -0.2) is 19.9 Å². The maximum Gasteiger partial charge on any atom is 0.323 e. The molecule has 0 saturated heterocycles. The summed E-state index contributed by atoms with van der Waals surface area (Å²) >= 11 is 0. The predicted molar refractivity (Wildman–Crippen MR) is 112 cm³/mol. The summed E-state index contributed by atoms with van der Waals surface area (Å²) in [7, 11) is 0. The minimum absolute atomic E-state index is 0.162. The van der Waals surface area contributed by atoms with Crippen LogP contribution in [0.1, 0.15) is 30.8 Å². The molecule has 150 valence electrons. The van der Waals surface area contributed by atoms with Crippen molar-refractivity contribution in [2.24, 2.45) is 17.8 Å². The molecule has 4 rings (SSSR count). The molecule has 0 aromatic carbocycles. The van der Waals surface area contributed by atoms with Crippen molar-refractivity contribution >= 4 is 11.5 Å². The van der Waals surface area contributed by atoms with Crippen molar-refractivity contribution in [2.75, 3.05) is 5.32 Å². The Morgan fingerprint density at radius 2 is 2.00 bits per heavy atom. The molecule has 2 aromatic rings. The molecule has 7 heteroatoms. The fraction of sp³-hybridized carbons (Fsp3) is 0.318. The van der Waals surface area contributed by atoms with Crippen molar-refractivity contribution in [1.82, 2.24) is 19.9 Å². The number of allylic oxidation sites excluding steroid dienone is 7. The number of fused-ring (bicyclic) bond motifs is 1. The van der Waals surface area contributed by atoms with Crippen molar-refractivity contribution < 1.29 is 4.39 Å². The van der Waals surface area contributed by atoms with Gasteiger partial charge in [0, 0.05) is 41.7 Å². The fourth-order valence-corrected chi connectivity index (χ4v) is 3.67. The van der Waals surface area contributed by atoms with E-state index in [0.717, 1.165) is 22.5 Å². The van der Waals surface area contributed by atoms with Gasteiger partial charge in [-0.15, -0.1) is 0 Å². The summed E-state index contributed by atoms with van der Waals surface area (Å²) in [5, 5.41) is 3.01. The predicted octanol–water partition coefficient (Wildman–Crippen LogP) is 4.05. The third-order valence-corrected chi connectivity index (χ3v) is 5.62. The Bertz CT molecular complexity index is 1090. The van der Waals surface area contributed by atoms with E-state index in [2.05, 4.69) is 37.4 Å². The summed E-state index contributed by atoms with van der Waals surface area (Å²) < 4.78 is 14.5. The molecule has 0 spiro atoms. The Kier molecular flexibility index (Phi) is 5.05. The molecule has 2 aromatic heterocycles. The van der Waals surface area contributed by atoms with Gasteiger partial charge in [-0.25, -0.2) is 19.2 Å². The summed E-state index contributed by atoms with van der Waals surface area (Å²) in [6.45, 7) is 5.85. The van der Waals surface area contributed by atoms with Crippen molar-refractivity contribution in [3.63, 3.8) is 0 Å². The van der Waals surface area contributed by atoms with Gasteiger partial charge in [0.05, 0.1) is 5.70 Å². The van der Waals surface area contributed by atoms with Gasteiger partial charge in [0.15, 0.2) is 0 Å². The SMILES string of the molecule is C/C(=C\Cc1[nH]c(=O)[nH]c1C)c1cnc(NC2=C[C@H]3C=CC3[C@@H](C)C=C2F)nc1. The van der Waals surface area contributed by atoms with Gasteiger partial charge in [-0.05, 0) is 37.3 Å². The average Bonchev–Trinajstić information content (AvgIpc) is 2.95. The third kappa shape index (κ3) is 3.99. The highest BCUT2D eigenvalue weighted by Crippen LogP contribution is 2.39. The van der Waals surface area contributed by atoms with Crippen LogP contribution in [0.5, 0.6) is 0 Å². The maximum absolute atomic E-state index is 14.5. The lowest BCUT2D eigenvalue weighted by Crippen LogP contribution is -2.22. The van der Waals surface area contributed by atoms with Gasteiger partial charge in [0.2, 0.25) is 5.95 Å². The second kappa shape index (κ2) is 7.66. The minimum Gasteiger partial charge on any atom is -0.322 e. The molecule has 2 aliphatic rings. The van der Waals surface area contributed by atoms with E-state index in [0.29, 0.717) is 24.0 Å². The topological polar surface area (TPSA) is 86.5 Å². The lowest BCUT2D eigenvalue weighted by atomic mass is 9.75. The Labute approximate surface area is 168 Å². The number of H-pyrrole nitrogens is 2. The van der Waals surface area contributed by atoms with Gasteiger partial charge in [-0.2, -0.15) is 0 Å². The molecule has 3 N–H and O–H groups in total. The lowest BCUT2D eigenvalue weighted by molar-refractivity contribution is 0.407. The van der Waals surface area contributed by atoms with Crippen LogP contribution < -0.4 is 11.0 Å². The first kappa shape index (κ1) is 19.1. The summed E-state index contributed by atoms with van der Waals surface area (Å²) in [5.74, 6) is 0.847. The summed E-state index contributed by atoms with van der Waals surface area (Å²) in [4.78, 5) is 25.5. The summed E-state index contributed by atoms with van der Waals surface area (Å²) in [6, 6.07) is 0. The normalized spacial score (nSPS) is 23.6. The second-order valence-electron chi connectivity index (χ2n) is 7.69. The van der Waals surface area contributed by atoms with Crippen LogP contribution in [0.4, 0.5) is 10.3 Å². The first-order valence-electron chi connectivity index (χ1n) is 9.72. The van der Waals surface area contributed by atoms with Crippen molar-refractivity contribution in [3.05, 3.63) is 81.7 Å². The molecule has 2 heterocycles. The monoisotopic (exact) mass is 393 g/mol. The van der Waals surface area contributed by atoms with Gasteiger partial charge in [-0.1, -0.05) is 31.2 Å². The molecular formula is C22H24FN5O. The highest BCUT2D eigenvalue weighted by Gasteiger charge is 2.30. The molecule has 0 saturated carbocycles. The Balaban J connectivity index is 1.46. The summed E-state index contributed by atoms with van der Waals surface area (Å²) in [6.07, 6.45) is 13.8. The van der Waals surface area contributed by atoms with E-state index in [1.807, 2.05) is 32.9 Å². The number of aromatic amines is 2. The lowest BCUT2D eigenvalue weighted by Gasteiger charge is -2.29. The van der Waals surface area contributed by atoms with Crippen molar-refractivity contribution in [2.45, 2.75) is 27.2 Å². The number of aryl methyl sites for hydroxylation is 1. The zero-order valence-corrected chi connectivity index (χ0v) is 16.7. The largest absolute Gasteiger partial charge is 0.323 e. The number of aromatic nitrogens is 4. The number of halogens is 1. The highest BCUT2D eigenvalue weighted by molar-refractivity contribution is 5.63. The molecule has 6 nitrogen and oxygen atoms in total. The van der Waals surface area contributed by atoms with Gasteiger partial charge in [0.25, 0.3) is 0 Å². The van der Waals surface area contributed by atoms with Crippen LogP contribution in [0.2, 0.25) is 0 Å². The molecular weight excluding hydrogens is 369 g/mol. The maximum atomic E-state index is 14.5. The molecule has 0 radical (unpaired) electrons. The van der Waals surface area contributed by atoms with E-state index in [1.165, 1.54) is 0 Å². The van der Waals surface area contributed by atoms with E-state index in [4.69, 9.17) is 0 Å². The van der Waals surface area contributed by atoms with Gasteiger partial charge in [0.1, 0.15) is 5.83 Å². The highest BCUT2D eigenvalue weighted by atomic mass is 19.1. The molecule has 0 fully saturated rings. The molecule has 3 atom stereocenters. The van der Waals surface area contributed by atoms with Crippen molar-refractivity contribution in [1.29, 1.82) is 0 Å². The van der Waals surface area contributed by atoms with E-state index < -0.39 is 0 Å². The number of hydrogen-bond acceptors (Lipinski definition) is 4. The molecule has 0 amide bonds. The third-order valence-electron chi connectivity index (χ3n) is 5.62. The smallest absolute Gasteiger partial charge is 0.322 e. The minimum atomic E-state index is -0.270. The fourth-order valence-electron chi connectivity index (χ4n) is 3.67. The first-order chi connectivity index (χ1) is 13.9.